The molecular formula is C14H22N4. The van der Waals surface area contributed by atoms with E-state index in [-0.39, 0.29) is 6.04 Å². The summed E-state index contributed by atoms with van der Waals surface area (Å²) >= 11 is 0. The van der Waals surface area contributed by atoms with Gasteiger partial charge in [-0.3, -0.25) is 10.4 Å². The smallest absolute Gasteiger partial charge is 0.125 e. The molecule has 0 saturated heterocycles. The zero-order valence-corrected chi connectivity index (χ0v) is 11.3. The monoisotopic (exact) mass is 246 g/mol. The van der Waals surface area contributed by atoms with Crippen molar-refractivity contribution in [2.45, 2.75) is 64.5 Å². The quantitative estimate of drug-likeness (QED) is 0.806. The third-order valence-electron chi connectivity index (χ3n) is 3.86. The summed E-state index contributed by atoms with van der Waals surface area (Å²) in [6, 6.07) is 2.63. The van der Waals surface area contributed by atoms with Gasteiger partial charge < -0.3 is 0 Å². The lowest BCUT2D eigenvalue weighted by atomic mass is 10.0. The van der Waals surface area contributed by atoms with Crippen LogP contribution in [-0.2, 0) is 0 Å². The summed E-state index contributed by atoms with van der Waals surface area (Å²) in [5.74, 6) is 0. The summed E-state index contributed by atoms with van der Waals surface area (Å²) in [4.78, 5) is 0. The zero-order valence-electron chi connectivity index (χ0n) is 11.3. The third kappa shape index (κ3) is 2.91. The van der Waals surface area contributed by atoms with Crippen LogP contribution in [0.4, 0.5) is 0 Å². The van der Waals surface area contributed by atoms with Gasteiger partial charge in [-0.2, -0.15) is 10.4 Å². The predicted molar refractivity (Wildman–Crippen MR) is 71.0 cm³/mol. The summed E-state index contributed by atoms with van der Waals surface area (Å²) in [7, 11) is 0. The van der Waals surface area contributed by atoms with E-state index < -0.39 is 0 Å². The highest BCUT2D eigenvalue weighted by molar-refractivity contribution is 5.31. The molecular weight excluding hydrogens is 224 g/mol. The van der Waals surface area contributed by atoms with Crippen molar-refractivity contribution in [2.75, 3.05) is 0 Å². The van der Waals surface area contributed by atoms with Crippen molar-refractivity contribution in [3.8, 4) is 6.07 Å². The molecule has 0 radical (unpaired) electrons. The molecule has 1 atom stereocenters. The van der Waals surface area contributed by atoms with E-state index in [9.17, 15) is 5.26 Å². The first-order valence-corrected chi connectivity index (χ1v) is 6.89. The van der Waals surface area contributed by atoms with Crippen LogP contribution in [0.1, 0.15) is 61.5 Å². The van der Waals surface area contributed by atoms with Gasteiger partial charge in [0.2, 0.25) is 0 Å². The molecule has 1 aliphatic rings. The largest absolute Gasteiger partial charge is 0.295 e. The van der Waals surface area contributed by atoms with Crippen LogP contribution < -0.4 is 5.32 Å². The average molecular weight is 246 g/mol. The van der Waals surface area contributed by atoms with Crippen LogP contribution in [0.25, 0.3) is 0 Å². The molecule has 2 N–H and O–H groups in total. The maximum absolute atomic E-state index is 9.39. The van der Waals surface area contributed by atoms with Gasteiger partial charge in [-0.25, -0.2) is 0 Å². The van der Waals surface area contributed by atoms with Gasteiger partial charge in [-0.1, -0.05) is 25.7 Å². The van der Waals surface area contributed by atoms with E-state index in [1.807, 2.05) is 13.8 Å². The highest BCUT2D eigenvalue weighted by Crippen LogP contribution is 2.23. The van der Waals surface area contributed by atoms with Crippen molar-refractivity contribution in [1.82, 2.24) is 15.5 Å². The molecule has 2 rings (SSSR count). The van der Waals surface area contributed by atoms with Crippen LogP contribution in [0, 0.1) is 25.2 Å². The zero-order chi connectivity index (χ0) is 13.0. The van der Waals surface area contributed by atoms with Gasteiger partial charge in [0, 0.05) is 17.3 Å². The molecule has 4 nitrogen and oxygen atoms in total. The molecule has 0 bridgehead atoms. The van der Waals surface area contributed by atoms with Crippen LogP contribution in [0.2, 0.25) is 0 Å². The number of nitrogens with one attached hydrogen (secondary N) is 2. The topological polar surface area (TPSA) is 64.5 Å². The molecule has 98 valence electrons. The van der Waals surface area contributed by atoms with E-state index in [1.54, 1.807) is 0 Å². The molecule has 0 amide bonds. The Morgan fingerprint density at radius 1 is 1.28 bits per heavy atom. The van der Waals surface area contributed by atoms with Crippen molar-refractivity contribution in [1.29, 1.82) is 5.26 Å². The van der Waals surface area contributed by atoms with E-state index in [2.05, 4.69) is 21.6 Å². The molecule has 1 fully saturated rings. The van der Waals surface area contributed by atoms with Crippen LogP contribution >= 0.6 is 0 Å². The van der Waals surface area contributed by atoms with Crippen molar-refractivity contribution in [3.63, 3.8) is 0 Å². The number of aromatic nitrogens is 2. The Kier molecular flexibility index (Phi) is 4.38. The Morgan fingerprint density at radius 3 is 2.44 bits per heavy atom. The Balaban J connectivity index is 2.07. The Labute approximate surface area is 109 Å². The van der Waals surface area contributed by atoms with Crippen molar-refractivity contribution < 1.29 is 0 Å². The van der Waals surface area contributed by atoms with Crippen molar-refractivity contribution in [3.05, 3.63) is 17.0 Å². The molecule has 18 heavy (non-hydrogen) atoms. The van der Waals surface area contributed by atoms with E-state index in [4.69, 9.17) is 0 Å². The Bertz CT molecular complexity index is 402. The fraction of sp³-hybridized carbons (Fsp3) is 0.714. The molecule has 0 aliphatic heterocycles. The number of nitrogens with zero attached hydrogens (tertiary/aromatic N) is 2. The minimum atomic E-state index is -0.230. The van der Waals surface area contributed by atoms with Crippen molar-refractivity contribution >= 4 is 0 Å². The van der Waals surface area contributed by atoms with Crippen LogP contribution in [0.15, 0.2) is 0 Å². The second kappa shape index (κ2) is 6.01. The van der Waals surface area contributed by atoms with Crippen LogP contribution in [0.5, 0.6) is 0 Å². The molecule has 1 aromatic heterocycles. The maximum Gasteiger partial charge on any atom is 0.125 e. The van der Waals surface area contributed by atoms with E-state index in [0.29, 0.717) is 6.04 Å². The molecule has 1 heterocycles. The fourth-order valence-corrected chi connectivity index (χ4v) is 2.85. The molecule has 0 aromatic carbocycles. The highest BCUT2D eigenvalue weighted by Gasteiger charge is 2.22. The van der Waals surface area contributed by atoms with Gasteiger partial charge in [-0.05, 0) is 26.7 Å². The first-order chi connectivity index (χ1) is 8.72. The van der Waals surface area contributed by atoms with Gasteiger partial charge in [0.05, 0.1) is 11.8 Å². The normalized spacial score (nSPS) is 19.2. The number of H-pyrrole nitrogens is 1. The minimum absolute atomic E-state index is 0.230. The molecule has 1 unspecified atom stereocenters. The number of hydrogen-bond acceptors (Lipinski definition) is 3. The van der Waals surface area contributed by atoms with Gasteiger partial charge >= 0.3 is 0 Å². The molecule has 1 aliphatic carbocycles. The minimum Gasteiger partial charge on any atom is -0.295 e. The summed E-state index contributed by atoms with van der Waals surface area (Å²) in [6.45, 7) is 3.94. The molecule has 1 saturated carbocycles. The van der Waals surface area contributed by atoms with Crippen LogP contribution in [-0.4, -0.2) is 16.2 Å². The lowest BCUT2D eigenvalue weighted by Crippen LogP contribution is -2.32. The first kappa shape index (κ1) is 13.1. The van der Waals surface area contributed by atoms with Crippen LogP contribution in [0.3, 0.4) is 0 Å². The predicted octanol–water partition coefficient (Wildman–Crippen LogP) is 2.90. The van der Waals surface area contributed by atoms with Gasteiger partial charge in [0.15, 0.2) is 0 Å². The second-order valence-electron chi connectivity index (χ2n) is 5.26. The highest BCUT2D eigenvalue weighted by atomic mass is 15.1. The second-order valence-corrected chi connectivity index (χ2v) is 5.26. The maximum atomic E-state index is 9.39. The van der Waals surface area contributed by atoms with Gasteiger partial charge in [0.1, 0.15) is 6.04 Å². The van der Waals surface area contributed by atoms with E-state index >= 15 is 0 Å². The van der Waals surface area contributed by atoms with Gasteiger partial charge in [0.25, 0.3) is 0 Å². The summed E-state index contributed by atoms with van der Waals surface area (Å²) in [5, 5.41) is 20.0. The van der Waals surface area contributed by atoms with Gasteiger partial charge in [-0.15, -0.1) is 0 Å². The summed E-state index contributed by atoms with van der Waals surface area (Å²) in [6.07, 6.45) is 7.60. The fourth-order valence-electron chi connectivity index (χ4n) is 2.85. The summed E-state index contributed by atoms with van der Waals surface area (Å²) < 4.78 is 0. The third-order valence-corrected chi connectivity index (χ3v) is 3.86. The molecule has 4 heteroatoms. The first-order valence-electron chi connectivity index (χ1n) is 6.89. The van der Waals surface area contributed by atoms with E-state index in [0.717, 1.165) is 17.0 Å². The molecule has 0 spiro atoms. The van der Waals surface area contributed by atoms with E-state index in [1.165, 1.54) is 38.5 Å². The number of aromatic amines is 1. The number of aryl methyl sites for hydroxylation is 2. The number of hydrogen-bond donors (Lipinski definition) is 2. The molecule has 1 aromatic rings. The lowest BCUT2D eigenvalue weighted by molar-refractivity contribution is 0.435. The number of rotatable bonds is 3. The SMILES string of the molecule is Cc1n[nH]c(C)c1C(C#N)NC1CCCCCC1. The lowest BCUT2D eigenvalue weighted by Gasteiger charge is -2.20. The standard InChI is InChI=1S/C14H22N4/c1-10-14(11(2)18-17-10)13(9-15)16-12-7-5-3-4-6-8-12/h12-13,16H,3-8H2,1-2H3,(H,17,18). The number of nitriles is 1. The Hall–Kier alpha value is -1.34. The summed E-state index contributed by atoms with van der Waals surface area (Å²) in [5.41, 5.74) is 2.96. The van der Waals surface area contributed by atoms with Crippen molar-refractivity contribution in [2.24, 2.45) is 0 Å². The Morgan fingerprint density at radius 2 is 1.94 bits per heavy atom. The average Bonchev–Trinajstić information content (AvgIpc) is 2.60.